The van der Waals surface area contributed by atoms with Crippen molar-refractivity contribution in [2.75, 3.05) is 45.8 Å². The molecule has 0 bridgehead atoms. The van der Waals surface area contributed by atoms with E-state index in [4.69, 9.17) is 4.74 Å². The smallest absolute Gasteiger partial charge is 0.227 e. The molecule has 40 heavy (non-hydrogen) atoms. The van der Waals surface area contributed by atoms with Crippen LogP contribution in [0.5, 0.6) is 5.75 Å². The molecule has 1 atom stereocenters. The molecule has 5 heteroatoms. The lowest BCUT2D eigenvalue weighted by atomic mass is 9.74. The third-order valence-corrected chi connectivity index (χ3v) is 9.67. The number of carbonyl (C=O) groups is 1. The molecule has 5 nitrogen and oxygen atoms in total. The van der Waals surface area contributed by atoms with Gasteiger partial charge in [-0.15, -0.1) is 0 Å². The van der Waals surface area contributed by atoms with Gasteiger partial charge in [-0.05, 0) is 128 Å². The minimum atomic E-state index is 0.0259. The Labute approximate surface area is 242 Å². The quantitative estimate of drug-likeness (QED) is 0.379. The molecular weight excluding hydrogens is 494 g/mol. The highest BCUT2D eigenvalue weighted by molar-refractivity contribution is 5.79. The minimum absolute atomic E-state index is 0.0259. The summed E-state index contributed by atoms with van der Waals surface area (Å²) in [5, 5.41) is 0. The van der Waals surface area contributed by atoms with E-state index in [0.717, 1.165) is 49.8 Å². The van der Waals surface area contributed by atoms with Crippen molar-refractivity contribution in [1.82, 2.24) is 14.7 Å². The van der Waals surface area contributed by atoms with Crippen LogP contribution in [-0.2, 0) is 16.6 Å². The van der Waals surface area contributed by atoms with Gasteiger partial charge in [-0.1, -0.05) is 42.3 Å². The molecular formula is C35H51N3O2. The van der Waals surface area contributed by atoms with Crippen molar-refractivity contribution in [2.24, 2.45) is 0 Å². The standard InChI is InChI=1S/C35H51N3O2/c1-27(2)40-32-10-8-9-30(24-32)25-34(39)38-22-16-35(26-38,33-23-28(3)11-12-29(33)4)15-21-36-19-13-31(14-20-36)37-17-6-5-7-18-37/h8-12,23-24,27,31H,5-7,13-22,25-26H2,1-4H3/t35-/m1/s1. The summed E-state index contributed by atoms with van der Waals surface area (Å²) in [4.78, 5) is 21.2. The Morgan fingerprint density at radius 3 is 2.50 bits per heavy atom. The molecule has 0 N–H and O–H groups in total. The van der Waals surface area contributed by atoms with Gasteiger partial charge in [-0.25, -0.2) is 0 Å². The van der Waals surface area contributed by atoms with Crippen molar-refractivity contribution >= 4 is 5.91 Å². The number of rotatable bonds is 9. The highest BCUT2D eigenvalue weighted by Gasteiger charge is 2.42. The fourth-order valence-electron chi connectivity index (χ4n) is 7.40. The van der Waals surface area contributed by atoms with Crippen molar-refractivity contribution in [1.29, 1.82) is 0 Å². The highest BCUT2D eigenvalue weighted by atomic mass is 16.5. The predicted molar refractivity (Wildman–Crippen MR) is 164 cm³/mol. The maximum absolute atomic E-state index is 13.6. The van der Waals surface area contributed by atoms with E-state index in [2.05, 4.69) is 46.7 Å². The molecule has 3 aliphatic rings. The SMILES string of the molecule is Cc1ccc(C)c([C@]2(CCN3CCC(N4CCCCC4)CC3)CCN(C(=O)Cc3cccc(OC(C)C)c3)C2)c1. The second kappa shape index (κ2) is 13.1. The number of hydrogen-bond donors (Lipinski definition) is 0. The molecule has 0 aromatic heterocycles. The summed E-state index contributed by atoms with van der Waals surface area (Å²) in [5.74, 6) is 1.08. The summed E-state index contributed by atoms with van der Waals surface area (Å²) in [5.41, 5.74) is 5.19. The normalized spacial score (nSPS) is 23.2. The largest absolute Gasteiger partial charge is 0.491 e. The number of amides is 1. The second-order valence-electron chi connectivity index (χ2n) is 13.1. The van der Waals surface area contributed by atoms with Crippen LogP contribution in [0.3, 0.4) is 0 Å². The number of nitrogens with zero attached hydrogens (tertiary/aromatic N) is 3. The van der Waals surface area contributed by atoms with Crippen molar-refractivity contribution in [3.63, 3.8) is 0 Å². The Bertz CT molecular complexity index is 1130. The van der Waals surface area contributed by atoms with Gasteiger partial charge < -0.3 is 19.4 Å². The van der Waals surface area contributed by atoms with Crippen LogP contribution in [0.25, 0.3) is 0 Å². The fourth-order valence-corrected chi connectivity index (χ4v) is 7.40. The van der Waals surface area contributed by atoms with Crippen molar-refractivity contribution in [2.45, 2.75) is 96.6 Å². The molecule has 218 valence electrons. The van der Waals surface area contributed by atoms with Gasteiger partial charge in [0.25, 0.3) is 0 Å². The van der Waals surface area contributed by atoms with Gasteiger partial charge in [0.15, 0.2) is 0 Å². The summed E-state index contributed by atoms with van der Waals surface area (Å²) in [6.07, 6.45) is 9.50. The molecule has 0 unspecified atom stereocenters. The van der Waals surface area contributed by atoms with Crippen LogP contribution in [0.2, 0.25) is 0 Å². The number of aryl methyl sites for hydroxylation is 2. The number of piperidine rings is 2. The number of carbonyl (C=O) groups excluding carboxylic acids is 1. The molecule has 5 rings (SSSR count). The predicted octanol–water partition coefficient (Wildman–Crippen LogP) is 6.14. The van der Waals surface area contributed by atoms with Gasteiger partial charge >= 0.3 is 0 Å². The topological polar surface area (TPSA) is 36.0 Å². The Hall–Kier alpha value is -2.37. The first kappa shape index (κ1) is 29.1. The van der Waals surface area contributed by atoms with Crippen molar-refractivity contribution < 1.29 is 9.53 Å². The maximum atomic E-state index is 13.6. The zero-order valence-electron chi connectivity index (χ0n) is 25.5. The summed E-state index contributed by atoms with van der Waals surface area (Å²) in [7, 11) is 0. The van der Waals surface area contributed by atoms with Gasteiger partial charge in [-0.3, -0.25) is 4.79 Å². The molecule has 3 fully saturated rings. The molecule has 0 saturated carbocycles. The van der Waals surface area contributed by atoms with E-state index in [1.165, 1.54) is 75.0 Å². The fraction of sp³-hybridized carbons (Fsp3) is 0.629. The van der Waals surface area contributed by atoms with Gasteiger partial charge in [0.2, 0.25) is 5.91 Å². The van der Waals surface area contributed by atoms with Crippen molar-refractivity contribution in [3.8, 4) is 5.75 Å². The lowest BCUT2D eigenvalue weighted by molar-refractivity contribution is -0.129. The van der Waals surface area contributed by atoms with Crippen LogP contribution < -0.4 is 4.74 Å². The zero-order chi connectivity index (χ0) is 28.1. The van der Waals surface area contributed by atoms with E-state index in [-0.39, 0.29) is 17.4 Å². The van der Waals surface area contributed by atoms with Crippen LogP contribution in [0.1, 0.15) is 81.0 Å². The van der Waals surface area contributed by atoms with Gasteiger partial charge in [0.1, 0.15) is 5.75 Å². The lowest BCUT2D eigenvalue weighted by Gasteiger charge is -2.41. The lowest BCUT2D eigenvalue weighted by Crippen LogP contribution is -2.47. The van der Waals surface area contributed by atoms with Crippen LogP contribution in [-0.4, -0.2) is 78.6 Å². The van der Waals surface area contributed by atoms with Crippen LogP contribution >= 0.6 is 0 Å². The zero-order valence-corrected chi connectivity index (χ0v) is 25.5. The van der Waals surface area contributed by atoms with Crippen LogP contribution in [0.15, 0.2) is 42.5 Å². The first-order valence-corrected chi connectivity index (χ1v) is 15.9. The van der Waals surface area contributed by atoms with Gasteiger partial charge in [0.05, 0.1) is 12.5 Å². The van der Waals surface area contributed by atoms with E-state index >= 15 is 0 Å². The molecule has 0 aliphatic carbocycles. The summed E-state index contributed by atoms with van der Waals surface area (Å²) in [6.45, 7) is 16.3. The third kappa shape index (κ3) is 7.09. The molecule has 1 amide bonds. The molecule has 2 aromatic rings. The van der Waals surface area contributed by atoms with E-state index < -0.39 is 0 Å². The summed E-state index contributed by atoms with van der Waals surface area (Å²) in [6, 6.07) is 15.7. The molecule has 0 radical (unpaired) electrons. The highest BCUT2D eigenvalue weighted by Crippen LogP contribution is 2.40. The number of benzene rings is 2. The molecule has 3 heterocycles. The number of hydrogen-bond acceptors (Lipinski definition) is 4. The first-order valence-electron chi connectivity index (χ1n) is 15.9. The van der Waals surface area contributed by atoms with E-state index in [0.29, 0.717) is 6.42 Å². The Morgan fingerprint density at radius 1 is 0.975 bits per heavy atom. The molecule has 3 aliphatic heterocycles. The second-order valence-corrected chi connectivity index (χ2v) is 13.1. The third-order valence-electron chi connectivity index (χ3n) is 9.67. The Morgan fingerprint density at radius 2 is 1.75 bits per heavy atom. The van der Waals surface area contributed by atoms with Crippen LogP contribution in [0.4, 0.5) is 0 Å². The molecule has 0 spiro atoms. The number of likely N-dealkylation sites (tertiary alicyclic amines) is 3. The maximum Gasteiger partial charge on any atom is 0.227 e. The average Bonchev–Trinajstić information content (AvgIpc) is 3.40. The minimum Gasteiger partial charge on any atom is -0.491 e. The number of ether oxygens (including phenoxy) is 1. The summed E-state index contributed by atoms with van der Waals surface area (Å²) < 4.78 is 5.88. The summed E-state index contributed by atoms with van der Waals surface area (Å²) >= 11 is 0. The average molecular weight is 546 g/mol. The van der Waals surface area contributed by atoms with Gasteiger partial charge in [0, 0.05) is 24.5 Å². The van der Waals surface area contributed by atoms with E-state index in [9.17, 15) is 4.79 Å². The first-order chi connectivity index (χ1) is 19.3. The van der Waals surface area contributed by atoms with E-state index in [1.807, 2.05) is 38.1 Å². The van der Waals surface area contributed by atoms with Gasteiger partial charge in [-0.2, -0.15) is 0 Å². The monoisotopic (exact) mass is 545 g/mol. The van der Waals surface area contributed by atoms with Crippen LogP contribution in [0, 0.1) is 13.8 Å². The Kier molecular flexibility index (Phi) is 9.53. The molecule has 2 aromatic carbocycles. The van der Waals surface area contributed by atoms with E-state index in [1.54, 1.807) is 0 Å². The molecule has 3 saturated heterocycles. The van der Waals surface area contributed by atoms with Crippen molar-refractivity contribution in [3.05, 3.63) is 64.7 Å². The Balaban J connectivity index is 1.25.